The quantitative estimate of drug-likeness (QED) is 0.775. The van der Waals surface area contributed by atoms with Crippen molar-refractivity contribution in [1.29, 1.82) is 0 Å². The molecule has 1 atom stereocenters. The fourth-order valence-electron chi connectivity index (χ4n) is 3.28. The van der Waals surface area contributed by atoms with Crippen LogP contribution in [0.1, 0.15) is 29.2 Å². The molecule has 4 rings (SSSR count). The van der Waals surface area contributed by atoms with E-state index in [4.69, 9.17) is 18.9 Å². The van der Waals surface area contributed by atoms with Crippen LogP contribution in [0.5, 0.6) is 23.0 Å². The number of ether oxygens (including phenoxy) is 4. The van der Waals surface area contributed by atoms with Crippen molar-refractivity contribution in [3.63, 3.8) is 0 Å². The lowest BCUT2D eigenvalue weighted by Crippen LogP contribution is -2.32. The number of rotatable bonds is 2. The highest BCUT2D eigenvalue weighted by atomic mass is 16.7. The first-order chi connectivity index (χ1) is 12.0. The van der Waals surface area contributed by atoms with E-state index in [9.17, 15) is 9.59 Å². The molecule has 0 unspecified atom stereocenters. The van der Waals surface area contributed by atoms with Gasteiger partial charge >= 0.3 is 5.97 Å². The summed E-state index contributed by atoms with van der Waals surface area (Å²) >= 11 is 0. The van der Waals surface area contributed by atoms with E-state index in [1.165, 1.54) is 7.11 Å². The van der Waals surface area contributed by atoms with Gasteiger partial charge in [0.2, 0.25) is 12.5 Å². The molecule has 7 nitrogen and oxygen atoms in total. The Bertz CT molecular complexity index is 946. The summed E-state index contributed by atoms with van der Waals surface area (Å²) < 4.78 is 23.1. The zero-order valence-corrected chi connectivity index (χ0v) is 14.1. The minimum Gasteiger partial charge on any atom is -0.493 e. The van der Waals surface area contributed by atoms with Gasteiger partial charge in [-0.15, -0.1) is 0 Å². The van der Waals surface area contributed by atoms with Crippen LogP contribution in [0.3, 0.4) is 0 Å². The van der Waals surface area contributed by atoms with Crippen molar-refractivity contribution in [2.75, 3.05) is 13.9 Å². The highest BCUT2D eigenvalue weighted by molar-refractivity contribution is 5.78. The maximum Gasteiger partial charge on any atom is 0.312 e. The van der Waals surface area contributed by atoms with Gasteiger partial charge in [-0.25, -0.2) is 0 Å². The van der Waals surface area contributed by atoms with Gasteiger partial charge < -0.3 is 23.5 Å². The summed E-state index contributed by atoms with van der Waals surface area (Å²) in [7, 11) is 3.23. The molecular formula is C18H17NO6. The number of methoxy groups -OCH3 is 1. The Kier molecular flexibility index (Phi) is 3.45. The molecule has 2 aromatic rings. The third-order valence-electron chi connectivity index (χ3n) is 4.70. The van der Waals surface area contributed by atoms with Crippen LogP contribution in [0.4, 0.5) is 0 Å². The van der Waals surface area contributed by atoms with Crippen molar-refractivity contribution in [3.05, 3.63) is 45.4 Å². The predicted octanol–water partition coefficient (Wildman–Crippen LogP) is 1.87. The second-order valence-corrected chi connectivity index (χ2v) is 6.12. The Hall–Kier alpha value is -2.96. The Balaban J connectivity index is 1.92. The number of aryl methyl sites for hydroxylation is 1. The minimum atomic E-state index is -0.432. The molecule has 130 valence electrons. The summed E-state index contributed by atoms with van der Waals surface area (Å²) in [6.07, 6.45) is 0.0775. The van der Waals surface area contributed by atoms with Crippen molar-refractivity contribution in [2.45, 2.75) is 19.3 Å². The second kappa shape index (κ2) is 5.54. The monoisotopic (exact) mass is 343 g/mol. The normalized spacial score (nSPS) is 17.9. The number of nitrogens with zero attached hydrogens (tertiary/aromatic N) is 1. The Morgan fingerprint density at radius 2 is 1.96 bits per heavy atom. The first-order valence-corrected chi connectivity index (χ1v) is 7.88. The van der Waals surface area contributed by atoms with Gasteiger partial charge in [-0.2, -0.15) is 0 Å². The van der Waals surface area contributed by atoms with Crippen molar-refractivity contribution >= 4 is 5.97 Å². The summed E-state index contributed by atoms with van der Waals surface area (Å²) in [5.41, 5.74) is 1.76. The number of carbonyl (C=O) groups is 1. The fraction of sp³-hybridized carbons (Fsp3) is 0.333. The highest BCUT2D eigenvalue weighted by Gasteiger charge is 2.34. The van der Waals surface area contributed by atoms with E-state index in [2.05, 4.69) is 0 Å². The third-order valence-corrected chi connectivity index (χ3v) is 4.70. The number of hydrogen-bond acceptors (Lipinski definition) is 6. The van der Waals surface area contributed by atoms with Crippen LogP contribution < -0.4 is 24.5 Å². The summed E-state index contributed by atoms with van der Waals surface area (Å²) in [6, 6.07) is 5.28. The molecular weight excluding hydrogens is 326 g/mol. The fourth-order valence-corrected chi connectivity index (χ4v) is 3.28. The number of carbonyl (C=O) groups excluding carboxylic acids is 1. The molecule has 0 saturated heterocycles. The molecule has 1 aromatic heterocycles. The van der Waals surface area contributed by atoms with Crippen LogP contribution in [-0.4, -0.2) is 24.4 Å². The highest BCUT2D eigenvalue weighted by Crippen LogP contribution is 2.46. The molecule has 0 bridgehead atoms. The third kappa shape index (κ3) is 2.34. The Morgan fingerprint density at radius 3 is 2.72 bits per heavy atom. The number of esters is 1. The van der Waals surface area contributed by atoms with Crippen LogP contribution in [0, 0.1) is 6.92 Å². The van der Waals surface area contributed by atoms with Gasteiger partial charge in [0.1, 0.15) is 5.75 Å². The maximum atomic E-state index is 12.8. The van der Waals surface area contributed by atoms with E-state index >= 15 is 0 Å². The average Bonchev–Trinajstić information content (AvgIpc) is 3.06. The SMILES string of the molecule is COc1cc([C@H]2CC(=O)Oc3cc(C)n(C)c(=O)c32)cc2c1OCO2. The lowest BCUT2D eigenvalue weighted by molar-refractivity contribution is -0.135. The molecule has 2 aliphatic rings. The van der Waals surface area contributed by atoms with Crippen LogP contribution >= 0.6 is 0 Å². The van der Waals surface area contributed by atoms with Crippen LogP contribution in [0.15, 0.2) is 23.0 Å². The lowest BCUT2D eigenvalue weighted by atomic mass is 9.86. The molecule has 7 heteroatoms. The standard InChI is InChI=1S/C18H17NO6/c1-9-4-12-16(18(21)19(9)2)11(7-15(20)25-12)10-5-13(22-3)17-14(6-10)23-8-24-17/h4-6,11H,7-8H2,1-3H3/t11-/m1/s1. The smallest absolute Gasteiger partial charge is 0.312 e. The van der Waals surface area contributed by atoms with E-state index in [1.807, 2.05) is 0 Å². The van der Waals surface area contributed by atoms with Crippen LogP contribution in [-0.2, 0) is 11.8 Å². The number of pyridine rings is 1. The molecule has 0 fully saturated rings. The van der Waals surface area contributed by atoms with E-state index < -0.39 is 5.92 Å². The Labute approximate surface area is 143 Å². The van der Waals surface area contributed by atoms with Crippen molar-refractivity contribution in [3.8, 4) is 23.0 Å². The molecule has 0 aliphatic carbocycles. The second-order valence-electron chi connectivity index (χ2n) is 6.12. The van der Waals surface area contributed by atoms with Gasteiger partial charge in [0.25, 0.3) is 5.56 Å². The van der Waals surface area contributed by atoms with E-state index in [0.29, 0.717) is 28.6 Å². The first-order valence-electron chi connectivity index (χ1n) is 7.88. The van der Waals surface area contributed by atoms with Gasteiger partial charge in [-0.05, 0) is 24.6 Å². The molecule has 0 radical (unpaired) electrons. The summed E-state index contributed by atoms with van der Waals surface area (Å²) in [5.74, 6) is 1.09. The number of fused-ring (bicyclic) bond motifs is 2. The van der Waals surface area contributed by atoms with Gasteiger partial charge in [0.15, 0.2) is 11.5 Å². The molecule has 0 N–H and O–H groups in total. The predicted molar refractivity (Wildman–Crippen MR) is 87.6 cm³/mol. The molecule has 0 saturated carbocycles. The molecule has 0 amide bonds. The van der Waals surface area contributed by atoms with Gasteiger partial charge in [-0.3, -0.25) is 9.59 Å². The van der Waals surface area contributed by atoms with Crippen LogP contribution in [0.25, 0.3) is 0 Å². The van der Waals surface area contributed by atoms with Crippen molar-refractivity contribution in [1.82, 2.24) is 4.57 Å². The lowest BCUT2D eigenvalue weighted by Gasteiger charge is -2.25. The summed E-state index contributed by atoms with van der Waals surface area (Å²) in [4.78, 5) is 24.9. The largest absolute Gasteiger partial charge is 0.493 e. The molecule has 0 spiro atoms. The molecule has 1 aromatic carbocycles. The minimum absolute atomic E-state index is 0.0775. The number of benzene rings is 1. The van der Waals surface area contributed by atoms with E-state index in [-0.39, 0.29) is 24.7 Å². The number of hydrogen-bond donors (Lipinski definition) is 0. The van der Waals surface area contributed by atoms with Crippen molar-refractivity contribution < 1.29 is 23.7 Å². The first kappa shape index (κ1) is 15.6. The summed E-state index contributed by atoms with van der Waals surface area (Å²) in [6.45, 7) is 1.90. The molecule has 2 aliphatic heterocycles. The Morgan fingerprint density at radius 1 is 1.16 bits per heavy atom. The number of aromatic nitrogens is 1. The summed E-state index contributed by atoms with van der Waals surface area (Å²) in [5, 5.41) is 0. The zero-order valence-electron chi connectivity index (χ0n) is 14.1. The zero-order chi connectivity index (χ0) is 17.7. The average molecular weight is 343 g/mol. The topological polar surface area (TPSA) is 76.0 Å². The van der Waals surface area contributed by atoms with Crippen LogP contribution in [0.2, 0.25) is 0 Å². The molecule has 3 heterocycles. The van der Waals surface area contributed by atoms with Gasteiger partial charge in [0, 0.05) is 24.7 Å². The van der Waals surface area contributed by atoms with Gasteiger partial charge in [0.05, 0.1) is 19.1 Å². The van der Waals surface area contributed by atoms with E-state index in [0.717, 1.165) is 11.3 Å². The van der Waals surface area contributed by atoms with Gasteiger partial charge in [-0.1, -0.05) is 0 Å². The van der Waals surface area contributed by atoms with E-state index in [1.54, 1.807) is 36.7 Å². The maximum absolute atomic E-state index is 12.8. The molecule has 25 heavy (non-hydrogen) atoms. The van der Waals surface area contributed by atoms with Crippen molar-refractivity contribution in [2.24, 2.45) is 7.05 Å².